The first kappa shape index (κ1) is 12.9. The number of nitrogens with one attached hydrogen (secondary N) is 2. The molecule has 1 amide bonds. The highest BCUT2D eigenvalue weighted by Gasteiger charge is 2.26. The van der Waals surface area contributed by atoms with Gasteiger partial charge in [-0.1, -0.05) is 29.5 Å². The molecule has 0 fully saturated rings. The van der Waals surface area contributed by atoms with Gasteiger partial charge in [0.2, 0.25) is 10.1 Å². The van der Waals surface area contributed by atoms with Gasteiger partial charge in [-0.25, -0.2) is 0 Å². The van der Waals surface area contributed by atoms with Gasteiger partial charge < -0.3 is 15.4 Å². The molecule has 0 saturated heterocycles. The summed E-state index contributed by atoms with van der Waals surface area (Å²) in [5.41, 5.74) is 0.997. The highest BCUT2D eigenvalue weighted by molar-refractivity contribution is 7.17. The lowest BCUT2D eigenvalue weighted by Crippen LogP contribution is -2.29. The molecule has 104 valence electrons. The molecule has 1 aromatic heterocycles. The minimum Gasteiger partial charge on any atom is -0.491 e. The van der Waals surface area contributed by atoms with Gasteiger partial charge in [-0.2, -0.15) is 0 Å². The summed E-state index contributed by atoms with van der Waals surface area (Å²) in [5.74, 6) is 0.598. The second kappa shape index (κ2) is 5.46. The van der Waals surface area contributed by atoms with Crippen LogP contribution in [0.5, 0.6) is 5.75 Å². The fourth-order valence-corrected chi connectivity index (χ4v) is 2.75. The van der Waals surface area contributed by atoms with Gasteiger partial charge in [-0.05, 0) is 13.0 Å². The van der Waals surface area contributed by atoms with Crippen molar-refractivity contribution in [2.75, 3.05) is 18.5 Å². The Morgan fingerprint density at radius 1 is 1.45 bits per heavy atom. The van der Waals surface area contributed by atoms with Crippen molar-refractivity contribution in [2.45, 2.75) is 13.0 Å². The van der Waals surface area contributed by atoms with Crippen molar-refractivity contribution in [3.05, 3.63) is 34.8 Å². The molecule has 2 N–H and O–H groups in total. The van der Waals surface area contributed by atoms with Crippen LogP contribution < -0.4 is 15.4 Å². The van der Waals surface area contributed by atoms with E-state index in [0.717, 1.165) is 17.9 Å². The quantitative estimate of drug-likeness (QED) is 0.898. The highest BCUT2D eigenvalue weighted by atomic mass is 32.1. The number of para-hydroxylation sites is 1. The molecular formula is C13H14N4O2S. The summed E-state index contributed by atoms with van der Waals surface area (Å²) in [6.07, 6.45) is 0. The van der Waals surface area contributed by atoms with E-state index in [9.17, 15) is 4.79 Å². The molecule has 1 aliphatic rings. The Labute approximate surface area is 120 Å². The summed E-state index contributed by atoms with van der Waals surface area (Å²) in [6.45, 7) is 3.16. The summed E-state index contributed by atoms with van der Waals surface area (Å²) >= 11 is 1.24. The first-order chi connectivity index (χ1) is 9.78. The van der Waals surface area contributed by atoms with Crippen LogP contribution in [0.25, 0.3) is 0 Å². The van der Waals surface area contributed by atoms with Crippen molar-refractivity contribution in [3.8, 4) is 5.75 Å². The SMILES string of the molecule is CCNc1nnc(C(=O)NC2COc3ccccc32)s1. The summed E-state index contributed by atoms with van der Waals surface area (Å²) in [7, 11) is 0. The molecule has 0 bridgehead atoms. The molecule has 6 nitrogen and oxygen atoms in total. The summed E-state index contributed by atoms with van der Waals surface area (Å²) in [4.78, 5) is 12.1. The normalized spacial score (nSPS) is 16.4. The Bertz CT molecular complexity index is 628. The van der Waals surface area contributed by atoms with Gasteiger partial charge in [0.25, 0.3) is 5.91 Å². The standard InChI is InChI=1S/C13H14N4O2S/c1-2-14-13-17-16-12(20-13)11(18)15-9-7-19-10-6-4-3-5-8(9)10/h3-6,9H,2,7H2,1H3,(H,14,17)(H,15,18). The molecular weight excluding hydrogens is 276 g/mol. The van der Waals surface area contributed by atoms with Crippen LogP contribution in [-0.2, 0) is 0 Å². The molecule has 20 heavy (non-hydrogen) atoms. The van der Waals surface area contributed by atoms with Crippen molar-refractivity contribution in [1.82, 2.24) is 15.5 Å². The van der Waals surface area contributed by atoms with Gasteiger partial charge in [0.05, 0.1) is 6.04 Å². The van der Waals surface area contributed by atoms with Crippen LogP contribution in [0.4, 0.5) is 5.13 Å². The van der Waals surface area contributed by atoms with E-state index in [0.29, 0.717) is 16.7 Å². The van der Waals surface area contributed by atoms with Crippen LogP contribution in [0.15, 0.2) is 24.3 Å². The number of carbonyl (C=O) groups excluding carboxylic acids is 1. The van der Waals surface area contributed by atoms with E-state index in [4.69, 9.17) is 4.74 Å². The monoisotopic (exact) mass is 290 g/mol. The van der Waals surface area contributed by atoms with Gasteiger partial charge in [0.1, 0.15) is 12.4 Å². The third-order valence-electron chi connectivity index (χ3n) is 2.95. The number of carbonyl (C=O) groups is 1. The topological polar surface area (TPSA) is 76.1 Å². The molecule has 2 heterocycles. The number of aromatic nitrogens is 2. The molecule has 0 radical (unpaired) electrons. The maximum atomic E-state index is 12.1. The van der Waals surface area contributed by atoms with Gasteiger partial charge >= 0.3 is 0 Å². The molecule has 1 atom stereocenters. The van der Waals surface area contributed by atoms with E-state index >= 15 is 0 Å². The van der Waals surface area contributed by atoms with E-state index in [-0.39, 0.29) is 11.9 Å². The van der Waals surface area contributed by atoms with Crippen LogP contribution >= 0.6 is 11.3 Å². The average molecular weight is 290 g/mol. The highest BCUT2D eigenvalue weighted by Crippen LogP contribution is 2.31. The molecule has 2 aromatic rings. The Balaban J connectivity index is 1.70. The number of fused-ring (bicyclic) bond motifs is 1. The molecule has 3 rings (SSSR count). The predicted molar refractivity (Wildman–Crippen MR) is 76.2 cm³/mol. The Morgan fingerprint density at radius 3 is 3.15 bits per heavy atom. The van der Waals surface area contributed by atoms with Crippen LogP contribution in [0, 0.1) is 0 Å². The van der Waals surface area contributed by atoms with Crippen LogP contribution in [-0.4, -0.2) is 29.3 Å². The van der Waals surface area contributed by atoms with Crippen LogP contribution in [0.1, 0.15) is 28.3 Å². The van der Waals surface area contributed by atoms with E-state index in [1.165, 1.54) is 11.3 Å². The van der Waals surface area contributed by atoms with Crippen LogP contribution in [0.3, 0.4) is 0 Å². The van der Waals surface area contributed by atoms with E-state index in [1.54, 1.807) is 0 Å². The predicted octanol–water partition coefficient (Wildman–Crippen LogP) is 1.83. The van der Waals surface area contributed by atoms with Gasteiger partial charge in [-0.3, -0.25) is 4.79 Å². The smallest absolute Gasteiger partial charge is 0.282 e. The van der Waals surface area contributed by atoms with Gasteiger partial charge in [0.15, 0.2) is 0 Å². The fraction of sp³-hybridized carbons (Fsp3) is 0.308. The zero-order chi connectivity index (χ0) is 13.9. The second-order valence-electron chi connectivity index (χ2n) is 4.32. The van der Waals surface area contributed by atoms with Crippen LogP contribution in [0.2, 0.25) is 0 Å². The van der Waals surface area contributed by atoms with E-state index in [1.807, 2.05) is 31.2 Å². The first-order valence-electron chi connectivity index (χ1n) is 6.38. The zero-order valence-corrected chi connectivity index (χ0v) is 11.7. The van der Waals surface area contributed by atoms with Crippen molar-refractivity contribution >= 4 is 22.4 Å². The Kier molecular flexibility index (Phi) is 3.51. The lowest BCUT2D eigenvalue weighted by Gasteiger charge is -2.09. The maximum Gasteiger partial charge on any atom is 0.282 e. The molecule has 0 aliphatic carbocycles. The number of benzene rings is 1. The fourth-order valence-electron chi connectivity index (χ4n) is 2.04. The number of nitrogens with zero attached hydrogens (tertiary/aromatic N) is 2. The maximum absolute atomic E-state index is 12.1. The molecule has 1 aliphatic heterocycles. The average Bonchev–Trinajstić information content (AvgIpc) is 3.07. The molecule has 1 aromatic carbocycles. The molecule has 7 heteroatoms. The van der Waals surface area contributed by atoms with E-state index in [2.05, 4.69) is 20.8 Å². The molecule has 0 saturated carbocycles. The third-order valence-corrected chi connectivity index (χ3v) is 3.83. The van der Waals surface area contributed by atoms with E-state index < -0.39 is 0 Å². The Hall–Kier alpha value is -2.15. The lowest BCUT2D eigenvalue weighted by atomic mass is 10.1. The number of rotatable bonds is 4. The largest absolute Gasteiger partial charge is 0.491 e. The summed E-state index contributed by atoms with van der Waals surface area (Å²) < 4.78 is 5.53. The Morgan fingerprint density at radius 2 is 2.30 bits per heavy atom. The lowest BCUT2D eigenvalue weighted by molar-refractivity contribution is 0.0929. The zero-order valence-electron chi connectivity index (χ0n) is 10.9. The number of anilines is 1. The molecule has 1 unspecified atom stereocenters. The van der Waals surface area contributed by atoms with Crippen molar-refractivity contribution in [3.63, 3.8) is 0 Å². The first-order valence-corrected chi connectivity index (χ1v) is 7.19. The van der Waals surface area contributed by atoms with Crippen molar-refractivity contribution < 1.29 is 9.53 Å². The molecule has 0 spiro atoms. The minimum absolute atomic E-state index is 0.134. The van der Waals surface area contributed by atoms with Crippen molar-refractivity contribution in [1.29, 1.82) is 0 Å². The number of amides is 1. The number of hydrogen-bond donors (Lipinski definition) is 2. The number of ether oxygens (including phenoxy) is 1. The van der Waals surface area contributed by atoms with Gasteiger partial charge in [-0.15, -0.1) is 10.2 Å². The van der Waals surface area contributed by atoms with Gasteiger partial charge in [0, 0.05) is 12.1 Å². The third kappa shape index (κ3) is 2.44. The number of hydrogen-bond acceptors (Lipinski definition) is 6. The second-order valence-corrected chi connectivity index (χ2v) is 5.30. The summed E-state index contributed by atoms with van der Waals surface area (Å²) in [5, 5.41) is 14.8. The van der Waals surface area contributed by atoms with Crippen molar-refractivity contribution in [2.24, 2.45) is 0 Å². The minimum atomic E-state index is -0.225. The summed E-state index contributed by atoms with van der Waals surface area (Å²) in [6, 6.07) is 7.56.